The second kappa shape index (κ2) is 7.81. The lowest BCUT2D eigenvalue weighted by atomic mass is 10.1. The van der Waals surface area contributed by atoms with Crippen molar-refractivity contribution in [2.75, 3.05) is 18.0 Å². The van der Waals surface area contributed by atoms with Crippen LogP contribution < -0.4 is 10.2 Å². The Morgan fingerprint density at radius 1 is 1.41 bits per heavy atom. The van der Waals surface area contributed by atoms with E-state index in [1.54, 1.807) is 13.0 Å². The zero-order valence-corrected chi connectivity index (χ0v) is 14.7. The number of aryl methyl sites for hydroxylation is 1. The molecule has 2 heterocycles. The van der Waals surface area contributed by atoms with Crippen LogP contribution >= 0.6 is 0 Å². The van der Waals surface area contributed by atoms with Crippen molar-refractivity contribution in [2.45, 2.75) is 26.3 Å². The lowest BCUT2D eigenvalue weighted by molar-refractivity contribution is -0.126. The number of carbonyl (C=O) groups is 2. The predicted octanol–water partition coefficient (Wildman–Crippen LogP) is 2.44. The Morgan fingerprint density at radius 3 is 2.89 bits per heavy atom. The van der Waals surface area contributed by atoms with Gasteiger partial charge in [0.15, 0.2) is 0 Å². The van der Waals surface area contributed by atoms with E-state index in [0.29, 0.717) is 0 Å². The first-order valence-corrected chi connectivity index (χ1v) is 8.51. The van der Waals surface area contributed by atoms with Crippen LogP contribution in [0.5, 0.6) is 0 Å². The molecule has 1 aliphatic rings. The lowest BCUT2D eigenvalue weighted by Gasteiger charge is -2.17. The van der Waals surface area contributed by atoms with Crippen molar-refractivity contribution in [3.8, 4) is 0 Å². The molecule has 1 fully saturated rings. The number of halogens is 3. The Hall–Kier alpha value is -2.84. The Kier molecular flexibility index (Phi) is 5.48. The molecule has 2 amide bonds. The van der Waals surface area contributed by atoms with Crippen LogP contribution in [0.4, 0.5) is 18.9 Å². The smallest absolute Gasteiger partial charge is 0.319 e. The molecule has 6 nitrogen and oxygen atoms in total. The van der Waals surface area contributed by atoms with Gasteiger partial charge in [0.05, 0.1) is 11.6 Å². The minimum atomic E-state index is -2.69. The summed E-state index contributed by atoms with van der Waals surface area (Å²) in [6, 6.07) is 4.55. The SMILES string of the molecule is Cc1ccc(N2CC(C(=O)NCCc3nccn3C(F)F)CC2=O)c(F)c1. The molecule has 0 radical (unpaired) electrons. The molecule has 1 atom stereocenters. The molecule has 144 valence electrons. The van der Waals surface area contributed by atoms with E-state index in [0.717, 1.165) is 10.1 Å². The summed E-state index contributed by atoms with van der Waals surface area (Å²) in [5.74, 6) is -1.66. The molecular formula is C18H19F3N4O2. The second-order valence-corrected chi connectivity index (χ2v) is 6.43. The molecular weight excluding hydrogens is 361 g/mol. The fraction of sp³-hybridized carbons (Fsp3) is 0.389. The van der Waals surface area contributed by atoms with Crippen LogP contribution in [0.2, 0.25) is 0 Å². The number of carbonyl (C=O) groups excluding carboxylic acids is 2. The van der Waals surface area contributed by atoms with Gasteiger partial charge in [-0.2, -0.15) is 8.78 Å². The average molecular weight is 380 g/mol. The third-order valence-electron chi connectivity index (χ3n) is 4.50. The number of nitrogens with zero attached hydrogens (tertiary/aromatic N) is 3. The Balaban J connectivity index is 1.57. The number of imidazole rings is 1. The van der Waals surface area contributed by atoms with Crippen LogP contribution in [0.1, 0.15) is 24.4 Å². The molecule has 27 heavy (non-hydrogen) atoms. The average Bonchev–Trinajstić information content (AvgIpc) is 3.22. The van der Waals surface area contributed by atoms with Gasteiger partial charge in [0.25, 0.3) is 0 Å². The van der Waals surface area contributed by atoms with E-state index in [2.05, 4.69) is 10.3 Å². The van der Waals surface area contributed by atoms with Crippen molar-refractivity contribution in [2.24, 2.45) is 5.92 Å². The van der Waals surface area contributed by atoms with E-state index < -0.39 is 18.3 Å². The third kappa shape index (κ3) is 4.12. The molecule has 1 saturated heterocycles. The Bertz CT molecular complexity index is 853. The van der Waals surface area contributed by atoms with Crippen LogP contribution in [0.15, 0.2) is 30.6 Å². The topological polar surface area (TPSA) is 67.2 Å². The van der Waals surface area contributed by atoms with Gasteiger partial charge in [-0.1, -0.05) is 6.07 Å². The van der Waals surface area contributed by atoms with Gasteiger partial charge < -0.3 is 10.2 Å². The highest BCUT2D eigenvalue weighted by atomic mass is 19.3. The van der Waals surface area contributed by atoms with Crippen LogP contribution in [-0.4, -0.2) is 34.5 Å². The highest BCUT2D eigenvalue weighted by molar-refractivity contribution is 6.00. The zero-order chi connectivity index (χ0) is 19.6. The maximum Gasteiger partial charge on any atom is 0.319 e. The molecule has 0 saturated carbocycles. The number of benzene rings is 1. The van der Waals surface area contributed by atoms with Gasteiger partial charge in [-0.05, 0) is 24.6 Å². The van der Waals surface area contributed by atoms with E-state index in [4.69, 9.17) is 0 Å². The molecule has 0 spiro atoms. The van der Waals surface area contributed by atoms with E-state index in [9.17, 15) is 22.8 Å². The first-order valence-electron chi connectivity index (χ1n) is 8.51. The van der Waals surface area contributed by atoms with Gasteiger partial charge >= 0.3 is 6.55 Å². The largest absolute Gasteiger partial charge is 0.355 e. The molecule has 2 aromatic rings. The molecule has 9 heteroatoms. The monoisotopic (exact) mass is 380 g/mol. The standard InChI is InChI=1S/C18H19F3N4O2/c1-11-2-3-14(13(19)8-11)25-10-12(9-16(25)26)17(27)23-5-4-15-22-6-7-24(15)18(20)21/h2-3,6-8,12,18H,4-5,9-10H2,1H3,(H,23,27). The number of anilines is 1. The van der Waals surface area contributed by atoms with E-state index in [-0.39, 0.29) is 49.3 Å². The van der Waals surface area contributed by atoms with Gasteiger partial charge in [-0.15, -0.1) is 0 Å². The van der Waals surface area contributed by atoms with Crippen LogP contribution in [-0.2, 0) is 16.0 Å². The van der Waals surface area contributed by atoms with Crippen molar-refractivity contribution in [3.63, 3.8) is 0 Å². The summed E-state index contributed by atoms with van der Waals surface area (Å²) >= 11 is 0. The molecule has 1 unspecified atom stereocenters. The summed E-state index contributed by atoms with van der Waals surface area (Å²) < 4.78 is 40.3. The minimum Gasteiger partial charge on any atom is -0.355 e. The number of hydrogen-bond donors (Lipinski definition) is 1. The van der Waals surface area contributed by atoms with Crippen LogP contribution in [0, 0.1) is 18.7 Å². The molecule has 1 aromatic carbocycles. The number of alkyl halides is 2. The fourth-order valence-electron chi connectivity index (χ4n) is 3.10. The maximum absolute atomic E-state index is 14.1. The number of amides is 2. The predicted molar refractivity (Wildman–Crippen MR) is 91.8 cm³/mol. The van der Waals surface area contributed by atoms with Crippen molar-refractivity contribution in [1.82, 2.24) is 14.9 Å². The highest BCUT2D eigenvalue weighted by Gasteiger charge is 2.36. The van der Waals surface area contributed by atoms with E-state index in [1.165, 1.54) is 29.4 Å². The van der Waals surface area contributed by atoms with Crippen LogP contribution in [0.25, 0.3) is 0 Å². The molecule has 3 rings (SSSR count). The summed E-state index contributed by atoms with van der Waals surface area (Å²) in [5.41, 5.74) is 0.888. The number of aromatic nitrogens is 2. The van der Waals surface area contributed by atoms with Gasteiger partial charge in [0, 0.05) is 38.3 Å². The van der Waals surface area contributed by atoms with Gasteiger partial charge in [-0.25, -0.2) is 9.37 Å². The highest BCUT2D eigenvalue weighted by Crippen LogP contribution is 2.28. The number of rotatable bonds is 6. The van der Waals surface area contributed by atoms with Crippen molar-refractivity contribution in [3.05, 3.63) is 47.8 Å². The van der Waals surface area contributed by atoms with Gasteiger partial charge in [-0.3, -0.25) is 14.2 Å². The maximum atomic E-state index is 14.1. The normalized spacial score (nSPS) is 17.0. The van der Waals surface area contributed by atoms with Crippen molar-refractivity contribution in [1.29, 1.82) is 0 Å². The van der Waals surface area contributed by atoms with Crippen LogP contribution in [0.3, 0.4) is 0 Å². The quantitative estimate of drug-likeness (QED) is 0.837. The molecule has 1 N–H and O–H groups in total. The summed E-state index contributed by atoms with van der Waals surface area (Å²) in [7, 11) is 0. The summed E-state index contributed by atoms with van der Waals surface area (Å²) in [6.07, 6.45) is 2.56. The Morgan fingerprint density at radius 2 is 2.19 bits per heavy atom. The molecule has 0 bridgehead atoms. The number of nitrogens with one attached hydrogen (secondary N) is 1. The lowest BCUT2D eigenvalue weighted by Crippen LogP contribution is -2.34. The first-order chi connectivity index (χ1) is 12.9. The van der Waals surface area contributed by atoms with E-state index in [1.807, 2.05) is 0 Å². The Labute approximate surface area is 154 Å². The second-order valence-electron chi connectivity index (χ2n) is 6.43. The molecule has 1 aliphatic heterocycles. The molecule has 0 aliphatic carbocycles. The van der Waals surface area contributed by atoms with Gasteiger partial charge in [0.2, 0.25) is 11.8 Å². The number of hydrogen-bond acceptors (Lipinski definition) is 3. The fourth-order valence-corrected chi connectivity index (χ4v) is 3.10. The third-order valence-corrected chi connectivity index (χ3v) is 4.50. The van der Waals surface area contributed by atoms with Crippen molar-refractivity contribution < 1.29 is 22.8 Å². The zero-order valence-electron chi connectivity index (χ0n) is 14.7. The summed E-state index contributed by atoms with van der Waals surface area (Å²) in [4.78, 5) is 29.6. The van der Waals surface area contributed by atoms with E-state index >= 15 is 0 Å². The van der Waals surface area contributed by atoms with Gasteiger partial charge in [0.1, 0.15) is 11.6 Å². The minimum absolute atomic E-state index is 0.0230. The van der Waals surface area contributed by atoms with Crippen molar-refractivity contribution >= 4 is 17.5 Å². The first kappa shape index (κ1) is 18.9. The summed E-state index contributed by atoms with van der Waals surface area (Å²) in [6.45, 7) is -0.750. The molecule has 1 aromatic heterocycles. The summed E-state index contributed by atoms with van der Waals surface area (Å²) in [5, 5.41) is 2.64.